The van der Waals surface area contributed by atoms with Crippen LogP contribution in [0.3, 0.4) is 0 Å². The summed E-state index contributed by atoms with van der Waals surface area (Å²) in [6.07, 6.45) is -0.343. The van der Waals surface area contributed by atoms with Gasteiger partial charge in [-0.2, -0.15) is 0 Å². The van der Waals surface area contributed by atoms with Gasteiger partial charge in [-0.3, -0.25) is 4.90 Å². The predicted molar refractivity (Wildman–Crippen MR) is 75.2 cm³/mol. The number of aliphatic hydroxyl groups is 1. The Morgan fingerprint density at radius 3 is 2.44 bits per heavy atom. The topological polar surface area (TPSA) is 32.7 Å². The molecule has 0 saturated heterocycles. The third-order valence-corrected chi connectivity index (χ3v) is 3.21. The zero-order chi connectivity index (χ0) is 13.7. The van der Waals surface area contributed by atoms with E-state index in [0.29, 0.717) is 17.6 Å². The van der Waals surface area contributed by atoms with Gasteiger partial charge in [0.25, 0.3) is 0 Å². The van der Waals surface area contributed by atoms with E-state index in [-0.39, 0.29) is 6.10 Å². The summed E-state index contributed by atoms with van der Waals surface area (Å²) in [6, 6.07) is 6.05. The number of hydrogen-bond acceptors (Lipinski definition) is 3. The maximum Gasteiger partial charge on any atom is 0.120 e. The van der Waals surface area contributed by atoms with Gasteiger partial charge in [0, 0.05) is 24.2 Å². The molecule has 3 nitrogen and oxygen atoms in total. The molecule has 18 heavy (non-hydrogen) atoms. The fourth-order valence-electron chi connectivity index (χ4n) is 1.80. The average molecular weight is 272 g/mol. The molecular formula is C14H22ClNO2. The molecule has 0 radical (unpaired) electrons. The molecule has 0 amide bonds. The van der Waals surface area contributed by atoms with Gasteiger partial charge in [0.2, 0.25) is 0 Å². The number of ether oxygens (including phenoxy) is 1. The van der Waals surface area contributed by atoms with E-state index in [1.165, 1.54) is 0 Å². The highest BCUT2D eigenvalue weighted by Gasteiger charge is 2.14. The lowest BCUT2D eigenvalue weighted by Crippen LogP contribution is -2.36. The summed E-state index contributed by atoms with van der Waals surface area (Å²) >= 11 is 6.22. The monoisotopic (exact) mass is 271 g/mol. The summed E-state index contributed by atoms with van der Waals surface area (Å²) in [5, 5.41) is 10.2. The molecule has 0 aromatic heterocycles. The third-order valence-electron chi connectivity index (χ3n) is 2.86. The van der Waals surface area contributed by atoms with E-state index in [1.807, 2.05) is 18.2 Å². The first-order valence-electron chi connectivity index (χ1n) is 6.18. The van der Waals surface area contributed by atoms with E-state index in [2.05, 4.69) is 18.7 Å². The number of nitrogens with zero attached hydrogens (tertiary/aromatic N) is 1. The van der Waals surface area contributed by atoms with Crippen molar-refractivity contribution in [3.8, 4) is 5.75 Å². The van der Waals surface area contributed by atoms with Crippen molar-refractivity contribution in [1.82, 2.24) is 4.90 Å². The van der Waals surface area contributed by atoms with Gasteiger partial charge in [-0.1, -0.05) is 17.7 Å². The normalized spacial score (nSPS) is 13.1. The molecule has 0 heterocycles. The van der Waals surface area contributed by atoms with E-state index in [4.69, 9.17) is 16.3 Å². The minimum Gasteiger partial charge on any atom is -0.497 e. The molecule has 0 aliphatic rings. The highest BCUT2D eigenvalue weighted by molar-refractivity contribution is 6.31. The molecule has 1 N–H and O–H groups in total. The molecule has 0 spiro atoms. The van der Waals surface area contributed by atoms with Crippen LogP contribution in [0, 0.1) is 0 Å². The van der Waals surface area contributed by atoms with E-state index in [9.17, 15) is 5.11 Å². The number of aliphatic hydroxyl groups excluding tert-OH is 1. The second-order valence-electron chi connectivity index (χ2n) is 4.83. The summed E-state index contributed by atoms with van der Waals surface area (Å²) in [5.41, 5.74) is 1.05. The Balaban J connectivity index is 2.80. The van der Waals surface area contributed by atoms with Crippen molar-refractivity contribution in [2.24, 2.45) is 0 Å². The van der Waals surface area contributed by atoms with Crippen LogP contribution in [0.15, 0.2) is 18.2 Å². The van der Waals surface area contributed by atoms with Crippen molar-refractivity contribution in [3.05, 3.63) is 28.8 Å². The van der Waals surface area contributed by atoms with Crippen LogP contribution in [0.1, 0.15) is 26.3 Å². The van der Waals surface area contributed by atoms with Crippen LogP contribution in [-0.2, 0) is 6.54 Å². The van der Waals surface area contributed by atoms with Gasteiger partial charge in [0.1, 0.15) is 5.75 Å². The number of hydrogen-bond donors (Lipinski definition) is 1. The molecular weight excluding hydrogens is 250 g/mol. The first-order valence-corrected chi connectivity index (χ1v) is 6.56. The summed E-state index contributed by atoms with van der Waals surface area (Å²) in [4.78, 5) is 2.19. The molecule has 1 aromatic rings. The quantitative estimate of drug-likeness (QED) is 0.864. The van der Waals surface area contributed by atoms with Crippen LogP contribution in [0.25, 0.3) is 0 Å². The highest BCUT2D eigenvalue weighted by Crippen LogP contribution is 2.24. The molecule has 4 heteroatoms. The molecule has 1 atom stereocenters. The summed E-state index contributed by atoms with van der Waals surface area (Å²) in [7, 11) is 1.62. The fraction of sp³-hybridized carbons (Fsp3) is 0.571. The standard InChI is InChI=1S/C14H22ClNO2/c1-10(2)16(8-11(3)17)9-12-5-6-13(18-4)7-14(12)15/h5-7,10-11,17H,8-9H2,1-4H3. The van der Waals surface area contributed by atoms with Crippen LogP contribution in [0.2, 0.25) is 5.02 Å². The van der Waals surface area contributed by atoms with Gasteiger partial charge in [-0.15, -0.1) is 0 Å². The van der Waals surface area contributed by atoms with Crippen molar-refractivity contribution >= 4 is 11.6 Å². The zero-order valence-electron chi connectivity index (χ0n) is 11.5. The van der Waals surface area contributed by atoms with Gasteiger partial charge in [-0.05, 0) is 38.5 Å². The van der Waals surface area contributed by atoms with Crippen LogP contribution in [-0.4, -0.2) is 35.8 Å². The van der Waals surface area contributed by atoms with Gasteiger partial charge in [0.15, 0.2) is 0 Å². The minimum atomic E-state index is -0.343. The molecule has 0 aliphatic carbocycles. The van der Waals surface area contributed by atoms with Crippen molar-refractivity contribution in [1.29, 1.82) is 0 Å². The Hall–Kier alpha value is -0.770. The van der Waals surface area contributed by atoms with Crippen LogP contribution < -0.4 is 4.74 Å². The molecule has 1 aromatic carbocycles. The molecule has 0 saturated carbocycles. The van der Waals surface area contributed by atoms with E-state index in [1.54, 1.807) is 14.0 Å². The van der Waals surface area contributed by atoms with Gasteiger partial charge < -0.3 is 9.84 Å². The maximum atomic E-state index is 9.51. The van der Waals surface area contributed by atoms with Crippen molar-refractivity contribution in [3.63, 3.8) is 0 Å². The molecule has 1 rings (SSSR count). The smallest absolute Gasteiger partial charge is 0.120 e. The first-order chi connectivity index (χ1) is 8.43. The first kappa shape index (κ1) is 15.3. The lowest BCUT2D eigenvalue weighted by Gasteiger charge is -2.28. The second kappa shape index (κ2) is 6.98. The molecule has 0 fully saturated rings. The van der Waals surface area contributed by atoms with Crippen LogP contribution >= 0.6 is 11.6 Å². The Bertz CT molecular complexity index is 380. The van der Waals surface area contributed by atoms with E-state index in [0.717, 1.165) is 17.9 Å². The SMILES string of the molecule is COc1ccc(CN(CC(C)O)C(C)C)c(Cl)c1. The lowest BCUT2D eigenvalue weighted by atomic mass is 10.1. The molecule has 0 bridgehead atoms. The van der Waals surface area contributed by atoms with E-state index >= 15 is 0 Å². The van der Waals surface area contributed by atoms with Crippen LogP contribution in [0.5, 0.6) is 5.75 Å². The van der Waals surface area contributed by atoms with Gasteiger partial charge in [0.05, 0.1) is 13.2 Å². The summed E-state index contributed by atoms with van der Waals surface area (Å²) < 4.78 is 5.13. The maximum absolute atomic E-state index is 9.51. The summed E-state index contributed by atoms with van der Waals surface area (Å²) in [5.74, 6) is 0.760. The summed E-state index contributed by atoms with van der Waals surface area (Å²) in [6.45, 7) is 7.38. The van der Waals surface area contributed by atoms with Crippen molar-refractivity contribution < 1.29 is 9.84 Å². The number of benzene rings is 1. The van der Waals surface area contributed by atoms with Crippen molar-refractivity contribution in [2.45, 2.75) is 39.5 Å². The lowest BCUT2D eigenvalue weighted by molar-refractivity contribution is 0.103. The van der Waals surface area contributed by atoms with Gasteiger partial charge >= 0.3 is 0 Å². The Morgan fingerprint density at radius 2 is 2.00 bits per heavy atom. The Morgan fingerprint density at radius 1 is 1.33 bits per heavy atom. The van der Waals surface area contributed by atoms with E-state index < -0.39 is 0 Å². The Labute approximate surface area is 114 Å². The fourth-order valence-corrected chi connectivity index (χ4v) is 2.03. The van der Waals surface area contributed by atoms with Crippen molar-refractivity contribution in [2.75, 3.05) is 13.7 Å². The Kier molecular flexibility index (Phi) is 5.93. The number of halogens is 1. The molecule has 1 unspecified atom stereocenters. The zero-order valence-corrected chi connectivity index (χ0v) is 12.2. The largest absolute Gasteiger partial charge is 0.497 e. The highest BCUT2D eigenvalue weighted by atomic mass is 35.5. The van der Waals surface area contributed by atoms with Crippen LogP contribution in [0.4, 0.5) is 0 Å². The van der Waals surface area contributed by atoms with Gasteiger partial charge in [-0.25, -0.2) is 0 Å². The number of rotatable bonds is 6. The minimum absolute atomic E-state index is 0.343. The predicted octanol–water partition coefficient (Wildman–Crippen LogP) is 2.94. The third kappa shape index (κ3) is 4.48. The average Bonchev–Trinajstić information content (AvgIpc) is 2.29. The molecule has 0 aliphatic heterocycles. The second-order valence-corrected chi connectivity index (χ2v) is 5.24. The molecule has 102 valence electrons. The number of methoxy groups -OCH3 is 1.